The summed E-state index contributed by atoms with van der Waals surface area (Å²) >= 11 is 0. The topological polar surface area (TPSA) is 76.1 Å². The van der Waals surface area contributed by atoms with Crippen LogP contribution in [0.4, 0.5) is 18.9 Å². The minimum Gasteiger partial charge on any atom is -0.465 e. The van der Waals surface area contributed by atoms with Crippen LogP contribution < -0.4 is 5.73 Å². The van der Waals surface area contributed by atoms with Crippen LogP contribution in [0.3, 0.4) is 0 Å². The molecule has 0 aliphatic carbocycles. The number of hydrogen-bond acceptors (Lipinski definition) is 4. The van der Waals surface area contributed by atoms with Gasteiger partial charge in [0, 0.05) is 5.56 Å². The number of benzene rings is 2. The summed E-state index contributed by atoms with van der Waals surface area (Å²) in [6, 6.07) is 9.11. The van der Waals surface area contributed by atoms with Crippen molar-refractivity contribution in [1.29, 1.82) is 5.26 Å². The maximum absolute atomic E-state index is 13.4. The van der Waals surface area contributed by atoms with Crippen molar-refractivity contribution in [3.8, 4) is 17.2 Å². The summed E-state index contributed by atoms with van der Waals surface area (Å²) in [4.78, 5) is 11.8. The fraction of sp³-hybridized carbons (Fsp3) is 0.176. The molecule has 2 N–H and O–H groups in total. The number of anilines is 1. The van der Waals surface area contributed by atoms with Crippen molar-refractivity contribution in [1.82, 2.24) is 0 Å². The van der Waals surface area contributed by atoms with Crippen LogP contribution in [-0.4, -0.2) is 13.1 Å². The largest absolute Gasteiger partial charge is 0.465 e. The monoisotopic (exact) mass is 334 g/mol. The van der Waals surface area contributed by atoms with E-state index in [1.54, 1.807) is 30.3 Å². The molecule has 0 radical (unpaired) electrons. The molecule has 0 bridgehead atoms. The van der Waals surface area contributed by atoms with Crippen molar-refractivity contribution < 1.29 is 22.7 Å². The molecule has 124 valence electrons. The molecular weight excluding hydrogens is 321 g/mol. The molecule has 0 saturated heterocycles. The van der Waals surface area contributed by atoms with Gasteiger partial charge in [-0.15, -0.1) is 0 Å². The molecule has 0 aliphatic rings. The average Bonchev–Trinajstić information content (AvgIpc) is 2.53. The molecule has 0 aliphatic heterocycles. The second-order valence-electron chi connectivity index (χ2n) is 5.10. The Kier molecular flexibility index (Phi) is 4.51. The van der Waals surface area contributed by atoms with E-state index in [1.165, 1.54) is 0 Å². The van der Waals surface area contributed by atoms with Crippen LogP contribution in [0.2, 0.25) is 0 Å². The Morgan fingerprint density at radius 2 is 1.83 bits per heavy atom. The van der Waals surface area contributed by atoms with E-state index in [9.17, 15) is 23.2 Å². The van der Waals surface area contributed by atoms with Crippen LogP contribution in [0, 0.1) is 18.3 Å². The molecule has 2 rings (SSSR count). The minimum absolute atomic E-state index is 0.00924. The van der Waals surface area contributed by atoms with E-state index in [0.717, 1.165) is 18.7 Å². The van der Waals surface area contributed by atoms with Crippen LogP contribution >= 0.6 is 0 Å². The predicted molar refractivity (Wildman–Crippen MR) is 82.1 cm³/mol. The van der Waals surface area contributed by atoms with Gasteiger partial charge in [0.05, 0.1) is 29.5 Å². The fourth-order valence-corrected chi connectivity index (χ4v) is 2.33. The standard InChI is InChI=1S/C17H13F3N2O2/c1-9-3-5-10(6-4-9)11-7-13(17(18,19)20)14(16(23)24-2)15(22)12(11)8-21/h3-7H,22H2,1-2H3. The van der Waals surface area contributed by atoms with Gasteiger partial charge < -0.3 is 10.5 Å². The number of nitriles is 1. The number of alkyl halides is 3. The van der Waals surface area contributed by atoms with E-state index in [-0.39, 0.29) is 11.1 Å². The van der Waals surface area contributed by atoms with Crippen molar-refractivity contribution in [3.05, 3.63) is 52.6 Å². The van der Waals surface area contributed by atoms with Gasteiger partial charge in [0.15, 0.2) is 0 Å². The summed E-state index contributed by atoms with van der Waals surface area (Å²) in [5.41, 5.74) is 4.19. The van der Waals surface area contributed by atoms with Gasteiger partial charge in [-0.2, -0.15) is 18.4 Å². The van der Waals surface area contributed by atoms with Gasteiger partial charge in [0.25, 0.3) is 0 Å². The summed E-state index contributed by atoms with van der Waals surface area (Å²) in [5.74, 6) is -1.24. The van der Waals surface area contributed by atoms with E-state index in [1.807, 2.05) is 6.92 Å². The smallest absolute Gasteiger partial charge is 0.417 e. The highest BCUT2D eigenvalue weighted by Crippen LogP contribution is 2.40. The highest BCUT2D eigenvalue weighted by molar-refractivity contribution is 6.00. The number of methoxy groups -OCH3 is 1. The first kappa shape index (κ1) is 17.3. The lowest BCUT2D eigenvalue weighted by Crippen LogP contribution is -2.18. The van der Waals surface area contributed by atoms with Crippen LogP contribution in [0.1, 0.15) is 27.0 Å². The van der Waals surface area contributed by atoms with Crippen molar-refractivity contribution >= 4 is 11.7 Å². The second kappa shape index (κ2) is 6.24. The van der Waals surface area contributed by atoms with Crippen LogP contribution in [0.5, 0.6) is 0 Å². The van der Waals surface area contributed by atoms with E-state index < -0.39 is 29.0 Å². The lowest BCUT2D eigenvalue weighted by Gasteiger charge is -2.17. The van der Waals surface area contributed by atoms with Crippen molar-refractivity contribution in [2.45, 2.75) is 13.1 Å². The molecule has 0 heterocycles. The molecule has 0 saturated carbocycles. The zero-order valence-corrected chi connectivity index (χ0v) is 12.9. The number of hydrogen-bond donors (Lipinski definition) is 1. The van der Waals surface area contributed by atoms with Crippen LogP contribution in [0.25, 0.3) is 11.1 Å². The number of carbonyl (C=O) groups excluding carboxylic acids is 1. The number of halogens is 3. The third kappa shape index (κ3) is 3.04. The molecule has 4 nitrogen and oxygen atoms in total. The first-order valence-electron chi connectivity index (χ1n) is 6.79. The zero-order valence-electron chi connectivity index (χ0n) is 12.9. The molecule has 0 aromatic heterocycles. The highest BCUT2D eigenvalue weighted by atomic mass is 19.4. The molecule has 2 aromatic rings. The molecule has 0 atom stereocenters. The van der Waals surface area contributed by atoms with Gasteiger partial charge in [-0.3, -0.25) is 0 Å². The molecule has 0 spiro atoms. The maximum Gasteiger partial charge on any atom is 0.417 e. The van der Waals surface area contributed by atoms with E-state index in [0.29, 0.717) is 5.56 Å². The Morgan fingerprint density at radius 1 is 1.25 bits per heavy atom. The van der Waals surface area contributed by atoms with Crippen LogP contribution in [0.15, 0.2) is 30.3 Å². The average molecular weight is 334 g/mol. The number of ether oxygens (including phenoxy) is 1. The number of carbonyl (C=O) groups is 1. The first-order valence-corrected chi connectivity index (χ1v) is 6.79. The van der Waals surface area contributed by atoms with Gasteiger partial charge in [-0.05, 0) is 18.6 Å². The van der Waals surface area contributed by atoms with Gasteiger partial charge in [0.1, 0.15) is 6.07 Å². The molecule has 2 aromatic carbocycles. The summed E-state index contributed by atoms with van der Waals surface area (Å²) < 4.78 is 44.5. The van der Waals surface area contributed by atoms with Gasteiger partial charge in [-0.25, -0.2) is 4.79 Å². The van der Waals surface area contributed by atoms with Gasteiger partial charge >= 0.3 is 12.1 Å². The molecule has 0 amide bonds. The lowest BCUT2D eigenvalue weighted by molar-refractivity contribution is -0.138. The summed E-state index contributed by atoms with van der Waals surface area (Å²) in [5, 5.41) is 9.32. The number of nitrogens with zero attached hydrogens (tertiary/aromatic N) is 1. The Morgan fingerprint density at radius 3 is 2.29 bits per heavy atom. The molecule has 7 heteroatoms. The van der Waals surface area contributed by atoms with Crippen molar-refractivity contribution in [2.24, 2.45) is 0 Å². The maximum atomic E-state index is 13.4. The Labute approximate surface area is 136 Å². The first-order chi connectivity index (χ1) is 11.2. The second-order valence-corrected chi connectivity index (χ2v) is 5.10. The molecular formula is C17H13F3N2O2. The van der Waals surface area contributed by atoms with E-state index in [4.69, 9.17) is 5.73 Å². The summed E-state index contributed by atoms with van der Waals surface area (Å²) in [6.07, 6.45) is -4.83. The number of esters is 1. The van der Waals surface area contributed by atoms with Crippen molar-refractivity contribution in [3.63, 3.8) is 0 Å². The molecule has 0 unspecified atom stereocenters. The fourth-order valence-electron chi connectivity index (χ4n) is 2.33. The SMILES string of the molecule is COC(=O)c1c(C(F)(F)F)cc(-c2ccc(C)cc2)c(C#N)c1N. The number of nitrogens with two attached hydrogens (primary N) is 1. The summed E-state index contributed by atoms with van der Waals surface area (Å²) in [6.45, 7) is 1.82. The third-order valence-corrected chi connectivity index (χ3v) is 3.54. The zero-order chi connectivity index (χ0) is 18.1. The number of nitrogen functional groups attached to an aromatic ring is 1. The van der Waals surface area contributed by atoms with E-state index >= 15 is 0 Å². The van der Waals surface area contributed by atoms with E-state index in [2.05, 4.69) is 4.74 Å². The van der Waals surface area contributed by atoms with Crippen molar-refractivity contribution in [2.75, 3.05) is 12.8 Å². The third-order valence-electron chi connectivity index (χ3n) is 3.54. The normalized spacial score (nSPS) is 11.0. The molecule has 0 fully saturated rings. The Hall–Kier alpha value is -3.01. The molecule has 24 heavy (non-hydrogen) atoms. The number of aryl methyl sites for hydroxylation is 1. The lowest BCUT2D eigenvalue weighted by atomic mass is 9.91. The predicted octanol–water partition coefficient (Wildman–Crippen LogP) is 3.92. The van der Waals surface area contributed by atoms with Gasteiger partial charge in [0.2, 0.25) is 0 Å². The Bertz CT molecular complexity index is 835. The quantitative estimate of drug-likeness (QED) is 0.667. The number of rotatable bonds is 2. The highest BCUT2D eigenvalue weighted by Gasteiger charge is 2.38. The van der Waals surface area contributed by atoms with Gasteiger partial charge in [-0.1, -0.05) is 29.8 Å². The summed E-state index contributed by atoms with van der Waals surface area (Å²) in [7, 11) is 0.946. The Balaban J connectivity index is 2.88. The van der Waals surface area contributed by atoms with Crippen LogP contribution in [-0.2, 0) is 10.9 Å². The minimum atomic E-state index is -4.83.